The lowest BCUT2D eigenvalue weighted by atomic mass is 10.1. The van der Waals surface area contributed by atoms with Gasteiger partial charge in [0, 0.05) is 22.8 Å². The third kappa shape index (κ3) is 12.0. The molecule has 0 aromatic heterocycles. The quantitative estimate of drug-likeness (QED) is 0.160. The van der Waals surface area contributed by atoms with Crippen LogP contribution in [0.4, 0.5) is 0 Å². The largest absolute Gasteiger partial charge is 0.480 e. The number of carboxylic acid groups (broad SMARTS) is 1. The summed E-state index contributed by atoms with van der Waals surface area (Å²) in [6.07, 6.45) is 4.88. The van der Waals surface area contributed by atoms with Crippen LogP contribution in [0.1, 0.15) is 44.9 Å². The lowest BCUT2D eigenvalue weighted by molar-refractivity contribution is -0.142. The smallest absolute Gasteiger partial charge is 0.326 e. The number of hydrogen-bond acceptors (Lipinski definition) is 7. The summed E-state index contributed by atoms with van der Waals surface area (Å²) in [6.45, 7) is 0.936. The van der Waals surface area contributed by atoms with Crippen LogP contribution in [-0.2, 0) is 25.2 Å². The Morgan fingerprint density at radius 1 is 0.893 bits per heavy atom. The van der Waals surface area contributed by atoms with Crippen LogP contribution >= 0.6 is 0 Å². The fourth-order valence-electron chi connectivity index (χ4n) is 2.49. The first-order chi connectivity index (χ1) is 13.2. The highest BCUT2D eigenvalue weighted by atomic mass is 32.2. The number of nitrogens with two attached hydrogens (primary N) is 3. The minimum Gasteiger partial charge on any atom is -0.480 e. The van der Waals surface area contributed by atoms with Crippen molar-refractivity contribution in [2.24, 2.45) is 17.2 Å². The van der Waals surface area contributed by atoms with E-state index in [2.05, 4.69) is 10.6 Å². The third-order valence-corrected chi connectivity index (χ3v) is 5.01. The van der Waals surface area contributed by atoms with Gasteiger partial charge in [-0.05, 0) is 51.6 Å². The van der Waals surface area contributed by atoms with Gasteiger partial charge in [0.25, 0.3) is 0 Å². The highest BCUT2D eigenvalue weighted by molar-refractivity contribution is 7.84. The Kier molecular flexibility index (Phi) is 14.5. The molecule has 4 unspecified atom stereocenters. The number of hydrogen-bond donors (Lipinski definition) is 6. The molecule has 0 fully saturated rings. The SMILES string of the molecule is CS(=O)CCC(NC(=O)C(N)CCCCN)C(=O)NC(CCCCN)C(=O)O. The van der Waals surface area contributed by atoms with E-state index in [0.717, 1.165) is 6.42 Å². The molecule has 11 heteroatoms. The highest BCUT2D eigenvalue weighted by Crippen LogP contribution is 2.04. The van der Waals surface area contributed by atoms with Gasteiger partial charge in [-0.3, -0.25) is 13.8 Å². The van der Waals surface area contributed by atoms with Crippen molar-refractivity contribution < 1.29 is 23.7 Å². The number of unbranched alkanes of at least 4 members (excludes halogenated alkanes) is 2. The van der Waals surface area contributed by atoms with E-state index in [1.807, 2.05) is 0 Å². The number of aliphatic carboxylic acids is 1. The van der Waals surface area contributed by atoms with E-state index in [0.29, 0.717) is 38.8 Å². The van der Waals surface area contributed by atoms with Crippen LogP contribution in [0.15, 0.2) is 0 Å². The van der Waals surface area contributed by atoms with Crippen LogP contribution in [0.2, 0.25) is 0 Å². The van der Waals surface area contributed by atoms with Gasteiger partial charge in [-0.15, -0.1) is 0 Å². The van der Waals surface area contributed by atoms with Crippen molar-refractivity contribution in [2.75, 3.05) is 25.1 Å². The molecule has 0 aliphatic carbocycles. The van der Waals surface area contributed by atoms with Crippen LogP contribution in [0, 0.1) is 0 Å². The minimum absolute atomic E-state index is 0.116. The van der Waals surface area contributed by atoms with Crippen LogP contribution in [0.5, 0.6) is 0 Å². The highest BCUT2D eigenvalue weighted by Gasteiger charge is 2.27. The molecule has 0 aromatic rings. The topological polar surface area (TPSA) is 191 Å². The summed E-state index contributed by atoms with van der Waals surface area (Å²) >= 11 is 0. The molecule has 4 atom stereocenters. The number of carboxylic acids is 1. The van der Waals surface area contributed by atoms with Crippen LogP contribution in [0.25, 0.3) is 0 Å². The number of rotatable bonds is 16. The van der Waals surface area contributed by atoms with E-state index in [1.54, 1.807) is 0 Å². The van der Waals surface area contributed by atoms with Gasteiger partial charge in [-0.1, -0.05) is 6.42 Å². The van der Waals surface area contributed by atoms with Crippen molar-refractivity contribution in [2.45, 2.75) is 63.1 Å². The van der Waals surface area contributed by atoms with Crippen molar-refractivity contribution >= 4 is 28.6 Å². The second-order valence-corrected chi connectivity index (χ2v) is 8.26. The van der Waals surface area contributed by atoms with E-state index >= 15 is 0 Å². The van der Waals surface area contributed by atoms with Crippen LogP contribution in [-0.4, -0.2) is 70.3 Å². The van der Waals surface area contributed by atoms with E-state index in [1.165, 1.54) is 6.26 Å². The van der Waals surface area contributed by atoms with E-state index in [-0.39, 0.29) is 18.6 Å². The van der Waals surface area contributed by atoms with Gasteiger partial charge in [-0.25, -0.2) is 4.79 Å². The fourth-order valence-corrected chi connectivity index (χ4v) is 3.06. The first-order valence-corrected chi connectivity index (χ1v) is 11.2. The van der Waals surface area contributed by atoms with Gasteiger partial charge in [-0.2, -0.15) is 0 Å². The zero-order valence-corrected chi connectivity index (χ0v) is 17.3. The van der Waals surface area contributed by atoms with Crippen LogP contribution in [0.3, 0.4) is 0 Å². The lowest BCUT2D eigenvalue weighted by Gasteiger charge is -2.23. The number of amides is 2. The lowest BCUT2D eigenvalue weighted by Crippen LogP contribution is -2.54. The molecule has 0 spiro atoms. The summed E-state index contributed by atoms with van der Waals surface area (Å²) in [5.74, 6) is -2.11. The predicted octanol–water partition coefficient (Wildman–Crippen LogP) is -1.61. The summed E-state index contributed by atoms with van der Waals surface area (Å²) in [7, 11) is -1.17. The average Bonchev–Trinajstić information content (AvgIpc) is 2.63. The Bertz CT molecular complexity index is 520. The van der Waals surface area contributed by atoms with Gasteiger partial charge in [0.05, 0.1) is 6.04 Å². The second-order valence-electron chi connectivity index (χ2n) is 6.70. The summed E-state index contributed by atoms with van der Waals surface area (Å²) in [4.78, 5) is 36.2. The molecule has 28 heavy (non-hydrogen) atoms. The molecule has 0 radical (unpaired) electrons. The van der Waals surface area contributed by atoms with E-state index in [9.17, 15) is 23.7 Å². The number of carbonyl (C=O) groups is 3. The zero-order chi connectivity index (χ0) is 21.5. The fraction of sp³-hybridized carbons (Fsp3) is 0.824. The number of carbonyl (C=O) groups excluding carboxylic acids is 2. The first kappa shape index (κ1) is 26.4. The standard InChI is InChI=1S/C17H35N5O5S/c1-28(27)11-8-13(21-15(23)12(20)6-2-4-9-18)16(24)22-14(17(25)26)7-3-5-10-19/h12-14H,2-11,18-20H2,1H3,(H,21,23)(H,22,24)(H,25,26). The van der Waals surface area contributed by atoms with Crippen LogP contribution < -0.4 is 27.8 Å². The maximum atomic E-state index is 12.6. The Morgan fingerprint density at radius 3 is 1.93 bits per heavy atom. The van der Waals surface area contributed by atoms with Gasteiger partial charge in [0.15, 0.2) is 0 Å². The second kappa shape index (κ2) is 15.4. The van der Waals surface area contributed by atoms with Gasteiger partial charge in [0.1, 0.15) is 12.1 Å². The molecule has 0 bridgehead atoms. The Balaban J connectivity index is 4.94. The molecule has 2 amide bonds. The van der Waals surface area contributed by atoms with E-state index < -0.39 is 46.7 Å². The summed E-state index contributed by atoms with van der Waals surface area (Å²) in [5, 5.41) is 14.3. The Hall–Kier alpha value is -1.56. The molecule has 0 rings (SSSR count). The normalized spacial score (nSPS) is 15.3. The monoisotopic (exact) mass is 421 g/mol. The molecule has 10 nitrogen and oxygen atoms in total. The molecule has 0 saturated carbocycles. The van der Waals surface area contributed by atoms with Crippen molar-refractivity contribution in [1.29, 1.82) is 0 Å². The first-order valence-electron chi connectivity index (χ1n) is 9.52. The van der Waals surface area contributed by atoms with Crippen molar-refractivity contribution in [3.05, 3.63) is 0 Å². The van der Waals surface area contributed by atoms with E-state index in [4.69, 9.17) is 17.2 Å². The molecule has 0 aromatic carbocycles. The number of nitrogens with one attached hydrogen (secondary N) is 2. The predicted molar refractivity (Wildman–Crippen MR) is 109 cm³/mol. The Labute approximate surface area is 168 Å². The van der Waals surface area contributed by atoms with Crippen molar-refractivity contribution in [1.82, 2.24) is 10.6 Å². The molecule has 164 valence electrons. The molecular weight excluding hydrogens is 386 g/mol. The third-order valence-electron chi connectivity index (χ3n) is 4.19. The minimum atomic E-state index is -1.17. The maximum absolute atomic E-state index is 12.6. The van der Waals surface area contributed by atoms with Crippen molar-refractivity contribution in [3.8, 4) is 0 Å². The molecule has 0 saturated heterocycles. The molecule has 0 aliphatic rings. The molecule has 0 heterocycles. The summed E-state index contributed by atoms with van der Waals surface area (Å²) in [6, 6.07) is -2.88. The van der Waals surface area contributed by atoms with Gasteiger partial charge >= 0.3 is 5.97 Å². The maximum Gasteiger partial charge on any atom is 0.326 e. The Morgan fingerprint density at radius 2 is 1.43 bits per heavy atom. The molecule has 9 N–H and O–H groups in total. The average molecular weight is 422 g/mol. The van der Waals surface area contributed by atoms with Crippen molar-refractivity contribution in [3.63, 3.8) is 0 Å². The summed E-state index contributed by atoms with van der Waals surface area (Å²) < 4.78 is 11.4. The van der Waals surface area contributed by atoms with Gasteiger partial charge < -0.3 is 32.9 Å². The molecule has 0 aliphatic heterocycles. The van der Waals surface area contributed by atoms with Gasteiger partial charge in [0.2, 0.25) is 11.8 Å². The zero-order valence-electron chi connectivity index (χ0n) is 16.5. The molecular formula is C17H35N5O5S. The summed E-state index contributed by atoms with van der Waals surface area (Å²) in [5.41, 5.74) is 16.7.